The maximum Gasteiger partial charge on any atom is 0.453 e. The Balaban J connectivity index is 1.63. The average Bonchev–Trinajstić information content (AvgIpc) is 3.38. The number of amides is 2. The highest BCUT2D eigenvalue weighted by atomic mass is 19.3. The number of likely N-dealkylation sites (tertiary alicyclic amines) is 2. The fourth-order valence-corrected chi connectivity index (χ4v) is 4.48. The Morgan fingerprint density at radius 2 is 2.00 bits per heavy atom. The second-order valence-corrected chi connectivity index (χ2v) is 9.84. The Morgan fingerprint density at radius 3 is 2.57 bits per heavy atom. The number of hydrogen-bond acceptors (Lipinski definition) is 7. The molecular formula is C24H30BF3N4O5. The number of hydrogen-bond donors (Lipinski definition) is 3. The molecule has 2 fully saturated rings. The van der Waals surface area contributed by atoms with Gasteiger partial charge >= 0.3 is 13.2 Å². The third kappa shape index (κ3) is 7.47. The summed E-state index contributed by atoms with van der Waals surface area (Å²) < 4.78 is 47.2. The maximum atomic E-state index is 14.7. The monoisotopic (exact) mass is 522 g/mol. The smallest absolute Gasteiger partial charge is 0.441 e. The van der Waals surface area contributed by atoms with Crippen LogP contribution in [-0.4, -0.2) is 88.9 Å². The minimum absolute atomic E-state index is 0.0992. The largest absolute Gasteiger partial charge is 0.453 e. The average molecular weight is 522 g/mol. The predicted molar refractivity (Wildman–Crippen MR) is 128 cm³/mol. The predicted octanol–water partition coefficient (Wildman–Crippen LogP) is 2.05. The Labute approximate surface area is 213 Å². The van der Waals surface area contributed by atoms with Crippen molar-refractivity contribution in [2.45, 2.75) is 56.4 Å². The van der Waals surface area contributed by atoms with E-state index in [1.165, 1.54) is 11.0 Å². The normalized spacial score (nSPS) is 22.9. The van der Waals surface area contributed by atoms with Gasteiger partial charge in [-0.25, -0.2) is 18.0 Å². The topological polar surface area (TPSA) is 126 Å². The second kappa shape index (κ2) is 11.5. The zero-order valence-electron chi connectivity index (χ0n) is 20.6. The number of ether oxygens (including phenoxy) is 1. The van der Waals surface area contributed by atoms with Crippen LogP contribution in [-0.2, 0) is 9.53 Å². The Bertz CT molecular complexity index is 1050. The van der Waals surface area contributed by atoms with E-state index >= 15 is 0 Å². The van der Waals surface area contributed by atoms with Gasteiger partial charge in [-0.15, -0.1) is 0 Å². The van der Waals surface area contributed by atoms with Crippen LogP contribution < -0.4 is 5.32 Å². The first-order valence-electron chi connectivity index (χ1n) is 11.9. The van der Waals surface area contributed by atoms with E-state index in [-0.39, 0.29) is 31.4 Å². The van der Waals surface area contributed by atoms with Crippen molar-refractivity contribution in [3.05, 3.63) is 47.5 Å². The summed E-state index contributed by atoms with van der Waals surface area (Å²) in [5.41, 5.74) is -0.761. The molecule has 2 aliphatic heterocycles. The molecule has 0 radical (unpaired) electrons. The SMILES string of the molecule is CC(C)(C=C(C#N)C(=O)N1CC(F)C(OC(=O)N[C@H](CB(O)O)c2ccccc2)C1)N1CCC(F)(F)C1. The summed E-state index contributed by atoms with van der Waals surface area (Å²) >= 11 is 0. The molecule has 3 N–H and O–H groups in total. The second-order valence-electron chi connectivity index (χ2n) is 9.84. The van der Waals surface area contributed by atoms with E-state index < -0.39 is 62.0 Å². The summed E-state index contributed by atoms with van der Waals surface area (Å²) in [5, 5.41) is 30.8. The van der Waals surface area contributed by atoms with Crippen LogP contribution in [0.3, 0.4) is 0 Å². The standard InChI is InChI=1S/C24H30BF3N4O5/c1-23(2,32-9-8-24(27,28)15-32)10-17(12-29)21(33)31-13-18(26)20(14-31)37-22(34)30-19(11-25(35)36)16-6-4-3-5-7-16/h3-7,10,18-20,35-36H,8-9,11,13-15H2,1-2H3,(H,30,34)/t18?,19-,20?/m1/s1. The number of nitrogens with one attached hydrogen (secondary N) is 1. The first kappa shape index (κ1) is 28.5. The molecule has 2 amide bonds. The lowest BCUT2D eigenvalue weighted by Crippen LogP contribution is -2.43. The molecule has 9 nitrogen and oxygen atoms in total. The van der Waals surface area contributed by atoms with Gasteiger partial charge in [-0.05, 0) is 25.5 Å². The van der Waals surface area contributed by atoms with E-state index in [1.54, 1.807) is 50.2 Å². The first-order chi connectivity index (χ1) is 17.3. The zero-order valence-corrected chi connectivity index (χ0v) is 20.6. The van der Waals surface area contributed by atoms with E-state index in [2.05, 4.69) is 5.32 Å². The molecule has 13 heteroatoms. The van der Waals surface area contributed by atoms with Gasteiger partial charge in [-0.2, -0.15) is 5.26 Å². The molecule has 200 valence electrons. The number of halogens is 3. The Morgan fingerprint density at radius 1 is 1.32 bits per heavy atom. The van der Waals surface area contributed by atoms with Gasteiger partial charge in [-0.3, -0.25) is 9.69 Å². The third-order valence-corrected chi connectivity index (χ3v) is 6.52. The van der Waals surface area contributed by atoms with Gasteiger partial charge in [0.25, 0.3) is 11.8 Å². The van der Waals surface area contributed by atoms with Gasteiger partial charge in [0.2, 0.25) is 0 Å². The fourth-order valence-electron chi connectivity index (χ4n) is 4.48. The van der Waals surface area contributed by atoms with Gasteiger partial charge in [-0.1, -0.05) is 30.3 Å². The molecule has 0 saturated carbocycles. The Kier molecular flexibility index (Phi) is 8.89. The minimum Gasteiger partial charge on any atom is -0.441 e. The van der Waals surface area contributed by atoms with Crippen molar-refractivity contribution in [2.24, 2.45) is 0 Å². The van der Waals surface area contributed by atoms with E-state index in [1.807, 2.05) is 0 Å². The van der Waals surface area contributed by atoms with Crippen LogP contribution in [0.1, 0.15) is 31.9 Å². The number of carbonyl (C=O) groups is 2. The highest BCUT2D eigenvalue weighted by Gasteiger charge is 2.44. The molecule has 2 saturated heterocycles. The number of rotatable bonds is 8. The van der Waals surface area contributed by atoms with Crippen molar-refractivity contribution in [2.75, 3.05) is 26.2 Å². The molecule has 0 aromatic heterocycles. The van der Waals surface area contributed by atoms with Gasteiger partial charge in [0.05, 0.1) is 25.7 Å². The van der Waals surface area contributed by atoms with Crippen LogP contribution in [0.4, 0.5) is 18.0 Å². The highest BCUT2D eigenvalue weighted by Crippen LogP contribution is 2.33. The van der Waals surface area contributed by atoms with Crippen LogP contribution in [0.5, 0.6) is 0 Å². The number of alkyl carbamates (subject to hydrolysis) is 1. The molecule has 0 spiro atoms. The number of alkyl halides is 3. The number of nitriles is 1. The maximum absolute atomic E-state index is 14.7. The summed E-state index contributed by atoms with van der Waals surface area (Å²) in [6.07, 6.45) is -3.30. The lowest BCUT2D eigenvalue weighted by atomic mass is 9.79. The molecule has 1 aromatic carbocycles. The molecule has 0 aliphatic carbocycles. The van der Waals surface area contributed by atoms with Gasteiger partial charge in [0.15, 0.2) is 12.3 Å². The van der Waals surface area contributed by atoms with E-state index in [9.17, 15) is 38.1 Å². The summed E-state index contributed by atoms with van der Waals surface area (Å²) in [6, 6.07) is 9.45. The summed E-state index contributed by atoms with van der Waals surface area (Å²) in [5.74, 6) is -3.64. The van der Waals surface area contributed by atoms with Crippen LogP contribution in [0.2, 0.25) is 6.32 Å². The molecule has 3 atom stereocenters. The lowest BCUT2D eigenvalue weighted by molar-refractivity contribution is -0.126. The quantitative estimate of drug-likeness (QED) is 0.271. The first-order valence-corrected chi connectivity index (χ1v) is 11.9. The number of nitrogens with zero attached hydrogens (tertiary/aromatic N) is 3. The highest BCUT2D eigenvalue weighted by molar-refractivity contribution is 6.41. The van der Waals surface area contributed by atoms with Crippen molar-refractivity contribution >= 4 is 19.1 Å². The summed E-state index contributed by atoms with van der Waals surface area (Å²) in [6.45, 7) is 2.10. The van der Waals surface area contributed by atoms with Crippen LogP contribution in [0.25, 0.3) is 0 Å². The van der Waals surface area contributed by atoms with Crippen molar-refractivity contribution in [3.8, 4) is 6.07 Å². The fraction of sp³-hybridized carbons (Fsp3) is 0.542. The zero-order chi connectivity index (χ0) is 27.4. The van der Waals surface area contributed by atoms with Crippen LogP contribution in [0, 0.1) is 11.3 Å². The van der Waals surface area contributed by atoms with Gasteiger partial charge in [0, 0.05) is 24.8 Å². The summed E-state index contributed by atoms with van der Waals surface area (Å²) in [7, 11) is -1.72. The Hall–Kier alpha value is -3.08. The molecule has 2 aliphatic rings. The number of carbonyl (C=O) groups excluding carboxylic acids is 2. The van der Waals surface area contributed by atoms with Crippen molar-refractivity contribution < 1.29 is 37.5 Å². The molecule has 1 aromatic rings. The summed E-state index contributed by atoms with van der Waals surface area (Å²) in [4.78, 5) is 27.9. The van der Waals surface area contributed by atoms with E-state index in [0.717, 1.165) is 4.90 Å². The van der Waals surface area contributed by atoms with Crippen molar-refractivity contribution in [1.82, 2.24) is 15.1 Å². The van der Waals surface area contributed by atoms with Crippen LogP contribution in [0.15, 0.2) is 42.0 Å². The molecule has 2 heterocycles. The minimum atomic E-state index is -2.85. The molecule has 2 unspecified atom stereocenters. The molecular weight excluding hydrogens is 492 g/mol. The molecule has 37 heavy (non-hydrogen) atoms. The van der Waals surface area contributed by atoms with Crippen LogP contribution >= 0.6 is 0 Å². The lowest BCUT2D eigenvalue weighted by Gasteiger charge is -2.33. The molecule has 3 rings (SSSR count). The molecule has 0 bridgehead atoms. The van der Waals surface area contributed by atoms with Gasteiger partial charge < -0.3 is 25.0 Å². The number of benzene rings is 1. The van der Waals surface area contributed by atoms with E-state index in [0.29, 0.717) is 5.56 Å². The van der Waals surface area contributed by atoms with Crippen molar-refractivity contribution in [3.63, 3.8) is 0 Å². The third-order valence-electron chi connectivity index (χ3n) is 6.52. The van der Waals surface area contributed by atoms with Gasteiger partial charge in [0.1, 0.15) is 11.6 Å². The van der Waals surface area contributed by atoms with E-state index in [4.69, 9.17) is 4.74 Å². The van der Waals surface area contributed by atoms with Crippen molar-refractivity contribution in [1.29, 1.82) is 5.26 Å².